The van der Waals surface area contributed by atoms with Gasteiger partial charge in [0.1, 0.15) is 0 Å². The molecule has 6 rings (SSSR count). The van der Waals surface area contributed by atoms with Crippen LogP contribution < -0.4 is 0 Å². The fourth-order valence-corrected chi connectivity index (χ4v) is 6.83. The Morgan fingerprint density at radius 3 is 2.59 bits per heavy atom. The minimum absolute atomic E-state index is 0.637. The van der Waals surface area contributed by atoms with E-state index < -0.39 is 0 Å². The van der Waals surface area contributed by atoms with E-state index >= 15 is 0 Å². The molecule has 0 amide bonds. The molecule has 110 valence electrons. The van der Waals surface area contributed by atoms with Crippen molar-refractivity contribution in [1.82, 2.24) is 0 Å². The third kappa shape index (κ3) is 1.21. The van der Waals surface area contributed by atoms with Gasteiger partial charge in [0.15, 0.2) is 0 Å². The van der Waals surface area contributed by atoms with E-state index in [0.717, 1.165) is 28.7 Å². The largest absolute Gasteiger partial charge is 0.0843 e. The van der Waals surface area contributed by atoms with Gasteiger partial charge in [-0.05, 0) is 89.2 Å². The average molecular weight is 307 g/mol. The Morgan fingerprint density at radius 1 is 0.864 bits per heavy atom. The molecule has 0 nitrogen and oxygen atoms in total. The Labute approximate surface area is 136 Å². The van der Waals surface area contributed by atoms with Gasteiger partial charge in [0.25, 0.3) is 0 Å². The smallest absolute Gasteiger partial charge is 0.0409 e. The first kappa shape index (κ1) is 12.2. The van der Waals surface area contributed by atoms with Crippen molar-refractivity contribution in [3.63, 3.8) is 0 Å². The van der Waals surface area contributed by atoms with E-state index in [2.05, 4.69) is 42.5 Å². The normalized spacial score (nSPS) is 39.5. The molecule has 3 saturated carbocycles. The summed E-state index contributed by atoms with van der Waals surface area (Å²) in [6.07, 6.45) is 5.74. The molecule has 2 bridgehead atoms. The quantitative estimate of drug-likeness (QED) is 0.559. The highest BCUT2D eigenvalue weighted by atomic mass is 35.5. The maximum Gasteiger partial charge on any atom is 0.0409 e. The van der Waals surface area contributed by atoms with Gasteiger partial charge in [-0.25, -0.2) is 0 Å². The molecule has 0 aromatic heterocycles. The number of benzene rings is 2. The second-order valence-electron chi connectivity index (χ2n) is 7.99. The predicted octanol–water partition coefficient (Wildman–Crippen LogP) is 6.01. The highest BCUT2D eigenvalue weighted by molar-refractivity contribution is 6.30. The van der Waals surface area contributed by atoms with Crippen LogP contribution in [-0.4, -0.2) is 0 Å². The monoisotopic (exact) mass is 306 g/mol. The van der Waals surface area contributed by atoms with Crippen molar-refractivity contribution in [3.05, 3.63) is 58.6 Å². The van der Waals surface area contributed by atoms with Crippen molar-refractivity contribution in [2.75, 3.05) is 0 Å². The average Bonchev–Trinajstić information content (AvgIpc) is 2.88. The third-order valence-corrected chi connectivity index (χ3v) is 7.74. The molecule has 0 saturated heterocycles. The molecule has 4 aliphatic carbocycles. The Kier molecular flexibility index (Phi) is 2.10. The topological polar surface area (TPSA) is 0 Å². The molecule has 1 heteroatoms. The van der Waals surface area contributed by atoms with Crippen LogP contribution in [-0.2, 0) is 0 Å². The van der Waals surface area contributed by atoms with Gasteiger partial charge in [0, 0.05) is 5.02 Å². The summed E-state index contributed by atoms with van der Waals surface area (Å²) < 4.78 is 0. The van der Waals surface area contributed by atoms with Crippen molar-refractivity contribution in [3.8, 4) is 11.1 Å². The number of hydrogen-bond donors (Lipinski definition) is 0. The number of fused-ring (bicyclic) bond motifs is 6. The summed E-state index contributed by atoms with van der Waals surface area (Å²) in [6, 6.07) is 15.8. The fourth-order valence-electron chi connectivity index (χ4n) is 6.65. The molecule has 5 atom stereocenters. The van der Waals surface area contributed by atoms with Crippen LogP contribution in [0.2, 0.25) is 5.02 Å². The van der Waals surface area contributed by atoms with Crippen LogP contribution in [0.4, 0.5) is 0 Å². The standard InChI is InChI=1S/C21H19Cl/c22-15-5-6-18-17-4-2-1-3-16(17)12-7-13-8-14-9-20(19(18)10-15)21(13,14)11-12/h1-6,10,12-14,20H,7-9,11H2. The Morgan fingerprint density at radius 2 is 1.68 bits per heavy atom. The molecule has 5 unspecified atom stereocenters. The summed E-state index contributed by atoms with van der Waals surface area (Å²) in [4.78, 5) is 0. The molecule has 0 aliphatic heterocycles. The SMILES string of the molecule is Clc1ccc2c(c1)C1CC3CC4CC(CC431)c1ccccc1-2. The van der Waals surface area contributed by atoms with Crippen LogP contribution in [0.1, 0.15) is 48.6 Å². The predicted molar refractivity (Wildman–Crippen MR) is 90.3 cm³/mol. The maximum absolute atomic E-state index is 6.38. The van der Waals surface area contributed by atoms with Crippen molar-refractivity contribution < 1.29 is 0 Å². The summed E-state index contributed by atoms with van der Waals surface area (Å²) >= 11 is 6.38. The van der Waals surface area contributed by atoms with Crippen LogP contribution in [0.5, 0.6) is 0 Å². The van der Waals surface area contributed by atoms with E-state index in [4.69, 9.17) is 11.6 Å². The van der Waals surface area contributed by atoms with Gasteiger partial charge < -0.3 is 0 Å². The van der Waals surface area contributed by atoms with E-state index in [-0.39, 0.29) is 0 Å². The molecule has 1 spiro atoms. The minimum Gasteiger partial charge on any atom is -0.0843 e. The summed E-state index contributed by atoms with van der Waals surface area (Å²) in [5, 5.41) is 0.905. The van der Waals surface area contributed by atoms with Gasteiger partial charge in [-0.1, -0.05) is 41.9 Å². The van der Waals surface area contributed by atoms with Crippen LogP contribution in [0.15, 0.2) is 42.5 Å². The molecule has 2 aromatic carbocycles. The maximum atomic E-state index is 6.38. The van der Waals surface area contributed by atoms with Crippen molar-refractivity contribution in [2.24, 2.45) is 17.3 Å². The van der Waals surface area contributed by atoms with Gasteiger partial charge >= 0.3 is 0 Å². The summed E-state index contributed by atoms with van der Waals surface area (Å²) in [6.45, 7) is 0. The molecule has 0 heterocycles. The molecule has 22 heavy (non-hydrogen) atoms. The molecule has 4 aliphatic rings. The molecule has 2 aromatic rings. The van der Waals surface area contributed by atoms with Crippen LogP contribution in [0.3, 0.4) is 0 Å². The number of halogens is 1. The molecule has 0 N–H and O–H groups in total. The van der Waals surface area contributed by atoms with E-state index in [1.165, 1.54) is 36.8 Å². The van der Waals surface area contributed by atoms with E-state index in [9.17, 15) is 0 Å². The second kappa shape index (κ2) is 3.79. The van der Waals surface area contributed by atoms with Gasteiger partial charge in [-0.15, -0.1) is 0 Å². The van der Waals surface area contributed by atoms with Gasteiger partial charge in [0.2, 0.25) is 0 Å². The minimum atomic E-state index is 0.637. The van der Waals surface area contributed by atoms with Crippen molar-refractivity contribution in [1.29, 1.82) is 0 Å². The lowest BCUT2D eigenvalue weighted by molar-refractivity contribution is -0.144. The number of rotatable bonds is 0. The zero-order valence-electron chi connectivity index (χ0n) is 12.6. The van der Waals surface area contributed by atoms with Crippen molar-refractivity contribution in [2.45, 2.75) is 37.5 Å². The number of hydrogen-bond acceptors (Lipinski definition) is 0. The highest BCUT2D eigenvalue weighted by Crippen LogP contribution is 2.80. The zero-order chi connectivity index (χ0) is 14.5. The second-order valence-corrected chi connectivity index (χ2v) is 8.42. The lowest BCUT2D eigenvalue weighted by Crippen LogP contribution is -2.58. The summed E-state index contributed by atoms with van der Waals surface area (Å²) in [5.41, 5.74) is 6.71. The first-order valence-corrected chi connectivity index (χ1v) is 9.04. The molecular formula is C21H19Cl. The lowest BCUT2D eigenvalue weighted by atomic mass is 9.37. The fraction of sp³-hybridized carbons (Fsp3) is 0.429. The first-order chi connectivity index (χ1) is 10.8. The summed E-state index contributed by atoms with van der Waals surface area (Å²) in [7, 11) is 0. The van der Waals surface area contributed by atoms with Crippen LogP contribution in [0, 0.1) is 17.3 Å². The molecular weight excluding hydrogens is 288 g/mol. The molecule has 3 fully saturated rings. The van der Waals surface area contributed by atoms with Gasteiger partial charge in [-0.2, -0.15) is 0 Å². The van der Waals surface area contributed by atoms with E-state index in [1.807, 2.05) is 0 Å². The lowest BCUT2D eigenvalue weighted by Gasteiger charge is -2.67. The first-order valence-electron chi connectivity index (χ1n) is 8.66. The van der Waals surface area contributed by atoms with E-state index in [0.29, 0.717) is 5.41 Å². The summed E-state index contributed by atoms with van der Waals surface area (Å²) in [5.74, 6) is 3.53. The van der Waals surface area contributed by atoms with E-state index in [1.54, 1.807) is 11.1 Å². The third-order valence-electron chi connectivity index (χ3n) is 7.51. The Balaban J connectivity index is 1.69. The highest BCUT2D eigenvalue weighted by Gasteiger charge is 2.70. The van der Waals surface area contributed by atoms with Gasteiger partial charge in [-0.3, -0.25) is 0 Å². The Hall–Kier alpha value is -1.27. The molecule has 0 radical (unpaired) electrons. The van der Waals surface area contributed by atoms with Gasteiger partial charge in [0.05, 0.1) is 0 Å². The zero-order valence-corrected chi connectivity index (χ0v) is 13.3. The van der Waals surface area contributed by atoms with Crippen molar-refractivity contribution >= 4 is 11.6 Å². The van der Waals surface area contributed by atoms with Crippen LogP contribution >= 0.6 is 11.6 Å². The Bertz CT molecular complexity index is 807. The van der Waals surface area contributed by atoms with Crippen LogP contribution in [0.25, 0.3) is 11.1 Å².